The van der Waals surface area contributed by atoms with Crippen LogP contribution in [0.1, 0.15) is 25.1 Å². The van der Waals surface area contributed by atoms with Crippen LogP contribution < -0.4 is 5.73 Å². The molecule has 0 saturated heterocycles. The summed E-state index contributed by atoms with van der Waals surface area (Å²) in [5.74, 6) is 0. The second-order valence-electron chi connectivity index (χ2n) is 3.88. The number of non-ortho nitro benzene ring substituents is 1. The van der Waals surface area contributed by atoms with E-state index < -0.39 is 4.92 Å². The highest BCUT2D eigenvalue weighted by molar-refractivity contribution is 5.42. The number of rotatable bonds is 4. The number of aromatic nitrogens is 3. The van der Waals surface area contributed by atoms with E-state index in [0.717, 1.165) is 6.42 Å². The third-order valence-corrected chi connectivity index (χ3v) is 2.64. The highest BCUT2D eigenvalue weighted by atomic mass is 16.6. The predicted octanol–water partition coefficient (Wildman–Crippen LogP) is 1.59. The van der Waals surface area contributed by atoms with E-state index in [-0.39, 0.29) is 11.7 Å². The van der Waals surface area contributed by atoms with Crippen LogP contribution in [-0.2, 0) is 0 Å². The fourth-order valence-electron chi connectivity index (χ4n) is 1.53. The molecule has 0 aliphatic heterocycles. The van der Waals surface area contributed by atoms with Crippen LogP contribution in [0.4, 0.5) is 5.69 Å². The summed E-state index contributed by atoms with van der Waals surface area (Å²) < 4.78 is 1.48. The van der Waals surface area contributed by atoms with Crippen LogP contribution in [0.5, 0.6) is 0 Å². The Balaban J connectivity index is 2.34. The first-order valence-corrected chi connectivity index (χ1v) is 5.54. The van der Waals surface area contributed by atoms with E-state index in [0.29, 0.717) is 11.4 Å². The van der Waals surface area contributed by atoms with Crippen LogP contribution in [0, 0.1) is 10.1 Å². The summed E-state index contributed by atoms with van der Waals surface area (Å²) in [5.41, 5.74) is 7.12. The molecular weight excluding hydrogens is 234 g/mol. The van der Waals surface area contributed by atoms with Crippen LogP contribution in [0.2, 0.25) is 0 Å². The number of hydrogen-bond donors (Lipinski definition) is 1. The number of nitrogens with two attached hydrogens (primary N) is 1. The highest BCUT2D eigenvalue weighted by Crippen LogP contribution is 2.17. The molecule has 0 aliphatic carbocycles. The first-order valence-electron chi connectivity index (χ1n) is 5.54. The first kappa shape index (κ1) is 12.2. The van der Waals surface area contributed by atoms with Gasteiger partial charge in [-0.25, -0.2) is 4.68 Å². The van der Waals surface area contributed by atoms with Gasteiger partial charge in [0.25, 0.3) is 5.69 Å². The average molecular weight is 247 g/mol. The van der Waals surface area contributed by atoms with Gasteiger partial charge in [0.05, 0.1) is 28.5 Å². The molecular formula is C11H13N5O2. The maximum Gasteiger partial charge on any atom is 0.271 e. The molecule has 1 unspecified atom stereocenters. The molecule has 2 rings (SSSR count). The quantitative estimate of drug-likeness (QED) is 0.653. The SMILES string of the molecule is CCC(N)c1cn(-c2cccc([N+](=O)[O-])c2)nn1. The molecule has 0 spiro atoms. The second kappa shape index (κ2) is 4.92. The Hall–Kier alpha value is -2.28. The fourth-order valence-corrected chi connectivity index (χ4v) is 1.53. The molecule has 7 nitrogen and oxygen atoms in total. The Morgan fingerprint density at radius 1 is 1.56 bits per heavy atom. The van der Waals surface area contributed by atoms with Crippen molar-refractivity contribution in [1.29, 1.82) is 0 Å². The maximum absolute atomic E-state index is 10.7. The van der Waals surface area contributed by atoms with Crippen molar-refractivity contribution in [2.24, 2.45) is 5.73 Å². The largest absolute Gasteiger partial charge is 0.323 e. The van der Waals surface area contributed by atoms with Gasteiger partial charge in [0.2, 0.25) is 0 Å². The summed E-state index contributed by atoms with van der Waals surface area (Å²) >= 11 is 0. The minimum atomic E-state index is -0.445. The molecule has 1 aromatic carbocycles. The Kier molecular flexibility index (Phi) is 3.33. The number of hydrogen-bond acceptors (Lipinski definition) is 5. The van der Waals surface area contributed by atoms with Crippen LogP contribution in [0.25, 0.3) is 5.69 Å². The molecule has 1 atom stereocenters. The molecule has 18 heavy (non-hydrogen) atoms. The highest BCUT2D eigenvalue weighted by Gasteiger charge is 2.11. The lowest BCUT2D eigenvalue weighted by atomic mass is 10.2. The van der Waals surface area contributed by atoms with Crippen molar-refractivity contribution in [3.8, 4) is 5.69 Å². The minimum absolute atomic E-state index is 0.0179. The van der Waals surface area contributed by atoms with Gasteiger partial charge in [0.15, 0.2) is 0 Å². The van der Waals surface area contributed by atoms with Crippen molar-refractivity contribution in [1.82, 2.24) is 15.0 Å². The smallest absolute Gasteiger partial charge is 0.271 e. The van der Waals surface area contributed by atoms with Gasteiger partial charge in [-0.1, -0.05) is 18.2 Å². The van der Waals surface area contributed by atoms with E-state index in [1.54, 1.807) is 18.3 Å². The number of nitrogens with zero attached hydrogens (tertiary/aromatic N) is 4. The van der Waals surface area contributed by atoms with Crippen LogP contribution in [-0.4, -0.2) is 19.9 Å². The van der Waals surface area contributed by atoms with Gasteiger partial charge >= 0.3 is 0 Å². The van der Waals surface area contributed by atoms with E-state index in [1.807, 2.05) is 6.92 Å². The summed E-state index contributed by atoms with van der Waals surface area (Å²) in [6.07, 6.45) is 2.45. The fraction of sp³-hybridized carbons (Fsp3) is 0.273. The second-order valence-corrected chi connectivity index (χ2v) is 3.88. The van der Waals surface area contributed by atoms with Gasteiger partial charge in [0.1, 0.15) is 0 Å². The van der Waals surface area contributed by atoms with Gasteiger partial charge in [-0.2, -0.15) is 0 Å². The Labute approximate surface area is 103 Å². The lowest BCUT2D eigenvalue weighted by molar-refractivity contribution is -0.384. The lowest BCUT2D eigenvalue weighted by Crippen LogP contribution is -2.08. The van der Waals surface area contributed by atoms with Crippen LogP contribution in [0.3, 0.4) is 0 Å². The normalized spacial score (nSPS) is 12.3. The van der Waals surface area contributed by atoms with Crippen molar-refractivity contribution in [3.05, 3.63) is 46.3 Å². The van der Waals surface area contributed by atoms with E-state index in [4.69, 9.17) is 5.73 Å². The summed E-state index contributed by atoms with van der Waals surface area (Å²) in [5, 5.41) is 18.6. The van der Waals surface area contributed by atoms with Crippen molar-refractivity contribution in [3.63, 3.8) is 0 Å². The Morgan fingerprint density at radius 2 is 2.33 bits per heavy atom. The standard InChI is InChI=1S/C11H13N5O2/c1-2-10(12)11-7-15(14-13-11)8-4-3-5-9(6-8)16(17)18/h3-7,10H,2,12H2,1H3. The first-order chi connectivity index (χ1) is 8.61. The molecule has 0 bridgehead atoms. The topological polar surface area (TPSA) is 99.9 Å². The van der Waals surface area contributed by atoms with E-state index in [1.165, 1.54) is 16.8 Å². The monoisotopic (exact) mass is 247 g/mol. The van der Waals surface area contributed by atoms with Gasteiger partial charge in [-0.3, -0.25) is 10.1 Å². The van der Waals surface area contributed by atoms with Crippen molar-refractivity contribution < 1.29 is 4.92 Å². The lowest BCUT2D eigenvalue weighted by Gasteiger charge is -2.02. The van der Waals surface area contributed by atoms with E-state index in [2.05, 4.69) is 10.3 Å². The third kappa shape index (κ3) is 2.35. The average Bonchev–Trinajstić information content (AvgIpc) is 2.87. The zero-order valence-corrected chi connectivity index (χ0v) is 9.85. The zero-order valence-electron chi connectivity index (χ0n) is 9.85. The number of nitro benzene ring substituents is 1. The van der Waals surface area contributed by atoms with E-state index >= 15 is 0 Å². The van der Waals surface area contributed by atoms with Crippen LogP contribution in [0.15, 0.2) is 30.5 Å². The molecule has 2 aromatic rings. The maximum atomic E-state index is 10.7. The predicted molar refractivity (Wildman–Crippen MR) is 65.2 cm³/mol. The van der Waals surface area contributed by atoms with Crippen molar-refractivity contribution >= 4 is 5.69 Å². The molecule has 7 heteroatoms. The van der Waals surface area contributed by atoms with Crippen LogP contribution >= 0.6 is 0 Å². The molecule has 0 aliphatic rings. The molecule has 2 N–H and O–H groups in total. The molecule has 94 valence electrons. The molecule has 1 aromatic heterocycles. The molecule has 0 amide bonds. The molecule has 0 radical (unpaired) electrons. The Bertz CT molecular complexity index is 566. The van der Waals surface area contributed by atoms with Gasteiger partial charge < -0.3 is 5.73 Å². The number of nitro groups is 1. The summed E-state index contributed by atoms with van der Waals surface area (Å²) in [4.78, 5) is 10.2. The molecule has 0 saturated carbocycles. The third-order valence-electron chi connectivity index (χ3n) is 2.64. The number of benzene rings is 1. The molecule has 0 fully saturated rings. The van der Waals surface area contributed by atoms with Gasteiger partial charge in [-0.15, -0.1) is 5.10 Å². The van der Waals surface area contributed by atoms with E-state index in [9.17, 15) is 10.1 Å². The van der Waals surface area contributed by atoms with Crippen molar-refractivity contribution in [2.75, 3.05) is 0 Å². The summed E-state index contributed by atoms with van der Waals surface area (Å²) in [6.45, 7) is 1.96. The minimum Gasteiger partial charge on any atom is -0.323 e. The summed E-state index contributed by atoms with van der Waals surface area (Å²) in [6, 6.07) is 6.03. The summed E-state index contributed by atoms with van der Waals surface area (Å²) in [7, 11) is 0. The van der Waals surface area contributed by atoms with Crippen molar-refractivity contribution in [2.45, 2.75) is 19.4 Å². The molecule has 1 heterocycles. The van der Waals surface area contributed by atoms with Gasteiger partial charge in [-0.05, 0) is 12.5 Å². The Morgan fingerprint density at radius 3 is 3.00 bits per heavy atom. The zero-order chi connectivity index (χ0) is 13.1. The van der Waals surface area contributed by atoms with Gasteiger partial charge in [0, 0.05) is 12.1 Å².